The summed E-state index contributed by atoms with van der Waals surface area (Å²) in [5, 5.41) is 2.08. The molecular formula is C11H6Br4S. The minimum Gasteiger partial charge on any atom is -0.146 e. The van der Waals surface area contributed by atoms with Crippen molar-refractivity contribution >= 4 is 75.1 Å². The molecule has 0 fully saturated rings. The minimum atomic E-state index is 0.203. The van der Waals surface area contributed by atoms with E-state index in [1.165, 1.54) is 10.4 Å². The van der Waals surface area contributed by atoms with E-state index in [9.17, 15) is 0 Å². The SMILES string of the molecule is Brc1ccc(Br)c(C(Br)c2sccc2Br)c1. The van der Waals surface area contributed by atoms with Crippen molar-refractivity contribution in [3.05, 3.63) is 53.5 Å². The fraction of sp³-hybridized carbons (Fsp3) is 0.0909. The maximum Gasteiger partial charge on any atom is 0.0760 e. The van der Waals surface area contributed by atoms with Crippen LogP contribution in [0.5, 0.6) is 0 Å². The van der Waals surface area contributed by atoms with Gasteiger partial charge >= 0.3 is 0 Å². The molecule has 0 radical (unpaired) electrons. The lowest BCUT2D eigenvalue weighted by Crippen LogP contribution is -1.92. The summed E-state index contributed by atoms with van der Waals surface area (Å²) in [7, 11) is 0. The highest BCUT2D eigenvalue weighted by Crippen LogP contribution is 2.42. The summed E-state index contributed by atoms with van der Waals surface area (Å²) < 4.78 is 3.34. The zero-order chi connectivity index (χ0) is 11.7. The molecule has 84 valence electrons. The Morgan fingerprint density at radius 1 is 1.00 bits per heavy atom. The molecule has 1 aromatic heterocycles. The van der Waals surface area contributed by atoms with Crippen molar-refractivity contribution in [2.24, 2.45) is 0 Å². The van der Waals surface area contributed by atoms with E-state index in [4.69, 9.17) is 0 Å². The first-order valence-corrected chi connectivity index (χ1v) is 8.59. The lowest BCUT2D eigenvalue weighted by atomic mass is 10.1. The first-order valence-electron chi connectivity index (χ1n) is 4.41. The molecule has 1 aromatic carbocycles. The standard InChI is InChI=1S/C11H6Br4S/c12-6-1-2-8(13)7(5-6)10(15)11-9(14)3-4-16-11/h1-5,10H. The lowest BCUT2D eigenvalue weighted by Gasteiger charge is -2.11. The summed E-state index contributed by atoms with van der Waals surface area (Å²) in [5.74, 6) is 0. The van der Waals surface area contributed by atoms with Gasteiger partial charge in [0.15, 0.2) is 0 Å². The van der Waals surface area contributed by atoms with Crippen molar-refractivity contribution in [1.82, 2.24) is 0 Å². The number of halogens is 4. The van der Waals surface area contributed by atoms with Gasteiger partial charge in [-0.3, -0.25) is 0 Å². The van der Waals surface area contributed by atoms with E-state index in [0.717, 1.165) is 13.4 Å². The number of thiophene rings is 1. The Bertz CT molecular complexity index is 506. The quantitative estimate of drug-likeness (QED) is 0.421. The molecule has 0 nitrogen and oxygen atoms in total. The molecule has 1 atom stereocenters. The van der Waals surface area contributed by atoms with Crippen molar-refractivity contribution in [2.75, 3.05) is 0 Å². The van der Waals surface area contributed by atoms with Crippen LogP contribution >= 0.6 is 75.1 Å². The first kappa shape index (κ1) is 13.3. The number of rotatable bonds is 2. The van der Waals surface area contributed by atoms with E-state index in [2.05, 4.69) is 87.3 Å². The predicted molar refractivity (Wildman–Crippen MR) is 84.6 cm³/mol. The molecule has 5 heteroatoms. The van der Waals surface area contributed by atoms with Crippen LogP contribution in [0, 0.1) is 0 Å². The van der Waals surface area contributed by atoms with Crippen LogP contribution in [0.2, 0.25) is 0 Å². The second-order valence-corrected chi connectivity index (χ2v) is 7.65. The topological polar surface area (TPSA) is 0 Å². The van der Waals surface area contributed by atoms with Crippen LogP contribution in [0.15, 0.2) is 43.1 Å². The van der Waals surface area contributed by atoms with Crippen molar-refractivity contribution in [3.8, 4) is 0 Å². The number of hydrogen-bond acceptors (Lipinski definition) is 1. The fourth-order valence-electron chi connectivity index (χ4n) is 1.34. The minimum absolute atomic E-state index is 0.203. The Morgan fingerprint density at radius 2 is 1.75 bits per heavy atom. The maximum absolute atomic E-state index is 3.74. The second-order valence-electron chi connectivity index (χ2n) is 3.16. The zero-order valence-electron chi connectivity index (χ0n) is 7.88. The van der Waals surface area contributed by atoms with Gasteiger partial charge in [0, 0.05) is 18.3 Å². The van der Waals surface area contributed by atoms with Gasteiger partial charge in [-0.15, -0.1) is 11.3 Å². The summed E-state index contributed by atoms with van der Waals surface area (Å²) in [4.78, 5) is 1.48. The monoisotopic (exact) mass is 486 g/mol. The molecule has 0 bridgehead atoms. The van der Waals surface area contributed by atoms with Crippen LogP contribution in [0.3, 0.4) is 0 Å². The molecule has 0 N–H and O–H groups in total. The van der Waals surface area contributed by atoms with Crippen LogP contribution in [-0.4, -0.2) is 0 Å². The van der Waals surface area contributed by atoms with Gasteiger partial charge in [-0.25, -0.2) is 0 Å². The molecule has 0 aliphatic carbocycles. The van der Waals surface area contributed by atoms with Crippen molar-refractivity contribution < 1.29 is 0 Å². The van der Waals surface area contributed by atoms with Crippen molar-refractivity contribution in [3.63, 3.8) is 0 Å². The van der Waals surface area contributed by atoms with Gasteiger partial charge in [0.1, 0.15) is 0 Å². The Hall–Kier alpha value is 0.840. The fourth-order valence-corrected chi connectivity index (χ4v) is 5.35. The Kier molecular flexibility index (Phi) is 4.69. The molecule has 1 heterocycles. The van der Waals surface area contributed by atoms with Crippen molar-refractivity contribution in [1.29, 1.82) is 0 Å². The van der Waals surface area contributed by atoms with Gasteiger partial charge in [-0.1, -0.05) is 47.8 Å². The van der Waals surface area contributed by atoms with E-state index < -0.39 is 0 Å². The third kappa shape index (κ3) is 2.80. The van der Waals surface area contributed by atoms with Crippen LogP contribution in [-0.2, 0) is 0 Å². The Morgan fingerprint density at radius 3 is 2.38 bits per heavy atom. The number of hydrogen-bond donors (Lipinski definition) is 0. The summed E-state index contributed by atoms with van der Waals surface area (Å²) >= 11 is 16.1. The van der Waals surface area contributed by atoms with E-state index in [1.54, 1.807) is 11.3 Å². The highest BCUT2D eigenvalue weighted by atomic mass is 79.9. The van der Waals surface area contributed by atoms with Crippen molar-refractivity contribution in [2.45, 2.75) is 4.83 Å². The summed E-state index contributed by atoms with van der Waals surface area (Å²) in [6.07, 6.45) is 0. The van der Waals surface area contributed by atoms with E-state index in [1.807, 2.05) is 6.07 Å². The molecule has 0 amide bonds. The highest BCUT2D eigenvalue weighted by molar-refractivity contribution is 9.11. The van der Waals surface area contributed by atoms with E-state index >= 15 is 0 Å². The predicted octanol–water partition coefficient (Wildman–Crippen LogP) is 6.52. The maximum atomic E-state index is 3.74. The largest absolute Gasteiger partial charge is 0.146 e. The Balaban J connectivity index is 2.45. The van der Waals surface area contributed by atoms with Gasteiger partial charge < -0.3 is 0 Å². The molecular weight excluding hydrogens is 484 g/mol. The van der Waals surface area contributed by atoms with E-state index in [-0.39, 0.29) is 4.83 Å². The van der Waals surface area contributed by atoms with Gasteiger partial charge in [0.05, 0.1) is 4.83 Å². The third-order valence-electron chi connectivity index (χ3n) is 2.11. The lowest BCUT2D eigenvalue weighted by molar-refractivity contribution is 1.19. The van der Waals surface area contributed by atoms with Crippen LogP contribution in [0.25, 0.3) is 0 Å². The molecule has 1 unspecified atom stereocenters. The smallest absolute Gasteiger partial charge is 0.0760 e. The summed E-state index contributed by atoms with van der Waals surface area (Å²) in [6.45, 7) is 0. The molecule has 0 aliphatic heterocycles. The normalized spacial score (nSPS) is 12.8. The molecule has 0 spiro atoms. The molecule has 2 rings (SSSR count). The molecule has 0 saturated heterocycles. The first-order chi connectivity index (χ1) is 7.59. The van der Waals surface area contributed by atoms with Gasteiger partial charge in [0.2, 0.25) is 0 Å². The van der Waals surface area contributed by atoms with Crippen LogP contribution in [0.1, 0.15) is 15.3 Å². The van der Waals surface area contributed by atoms with Gasteiger partial charge in [-0.05, 0) is 51.1 Å². The van der Waals surface area contributed by atoms with Crippen LogP contribution < -0.4 is 0 Å². The zero-order valence-corrected chi connectivity index (χ0v) is 15.0. The summed E-state index contributed by atoms with van der Waals surface area (Å²) in [6, 6.07) is 8.27. The highest BCUT2D eigenvalue weighted by Gasteiger charge is 2.17. The molecule has 2 aromatic rings. The summed E-state index contributed by atoms with van der Waals surface area (Å²) in [5.41, 5.74) is 1.22. The Labute approximate surface area is 132 Å². The third-order valence-corrected chi connectivity index (χ3v) is 6.51. The number of alkyl halides is 1. The van der Waals surface area contributed by atoms with E-state index in [0.29, 0.717) is 0 Å². The van der Waals surface area contributed by atoms with Gasteiger partial charge in [-0.2, -0.15) is 0 Å². The average Bonchev–Trinajstić information content (AvgIpc) is 2.67. The molecule has 16 heavy (non-hydrogen) atoms. The van der Waals surface area contributed by atoms with Gasteiger partial charge in [0.25, 0.3) is 0 Å². The average molecular weight is 490 g/mol. The molecule has 0 aliphatic rings. The molecule has 0 saturated carbocycles. The van der Waals surface area contributed by atoms with Crippen LogP contribution in [0.4, 0.5) is 0 Å². The number of benzene rings is 1. The second kappa shape index (κ2) is 5.65.